The van der Waals surface area contributed by atoms with Gasteiger partial charge in [0.15, 0.2) is 0 Å². The highest BCUT2D eigenvalue weighted by Crippen LogP contribution is 2.18. The van der Waals surface area contributed by atoms with Crippen molar-refractivity contribution in [1.82, 2.24) is 9.97 Å². The first kappa shape index (κ1) is 13.7. The summed E-state index contributed by atoms with van der Waals surface area (Å²) in [6.45, 7) is 6.66. The van der Waals surface area contributed by atoms with Crippen LogP contribution < -0.4 is 4.74 Å². The average Bonchev–Trinajstić information content (AvgIpc) is 2.36. The molecule has 0 aliphatic carbocycles. The molecule has 0 amide bonds. The summed E-state index contributed by atoms with van der Waals surface area (Å²) in [4.78, 5) is 7.67. The highest BCUT2D eigenvalue weighted by atomic mass is 32.1. The zero-order valence-electron chi connectivity index (χ0n) is 11.4. The number of H-pyrrole nitrogens is 1. The van der Waals surface area contributed by atoms with E-state index in [2.05, 4.69) is 23.8 Å². The number of aromatic amines is 1. The van der Waals surface area contributed by atoms with Gasteiger partial charge in [-0.2, -0.15) is 0 Å². The zero-order valence-corrected chi connectivity index (χ0v) is 12.3. The molecule has 1 heterocycles. The minimum Gasteiger partial charge on any atom is -0.486 e. The van der Waals surface area contributed by atoms with Gasteiger partial charge in [-0.3, -0.25) is 0 Å². The van der Waals surface area contributed by atoms with Gasteiger partial charge in [0.2, 0.25) is 0 Å². The molecule has 0 saturated heterocycles. The van der Waals surface area contributed by atoms with Crippen molar-refractivity contribution in [2.24, 2.45) is 0 Å². The lowest BCUT2D eigenvalue weighted by molar-refractivity contribution is 0.295. The Kier molecular flexibility index (Phi) is 4.32. The molecule has 19 heavy (non-hydrogen) atoms. The van der Waals surface area contributed by atoms with Crippen molar-refractivity contribution in [1.29, 1.82) is 0 Å². The van der Waals surface area contributed by atoms with Crippen LogP contribution in [0.3, 0.4) is 0 Å². The smallest absolute Gasteiger partial charge is 0.146 e. The van der Waals surface area contributed by atoms with Crippen LogP contribution in [0.15, 0.2) is 30.3 Å². The van der Waals surface area contributed by atoms with Crippen molar-refractivity contribution >= 4 is 12.2 Å². The van der Waals surface area contributed by atoms with E-state index in [4.69, 9.17) is 17.0 Å². The van der Waals surface area contributed by atoms with Gasteiger partial charge in [-0.1, -0.05) is 44.3 Å². The van der Waals surface area contributed by atoms with Crippen LogP contribution in [0.5, 0.6) is 5.75 Å². The number of hydrogen-bond acceptors (Lipinski definition) is 3. The Labute approximate surface area is 118 Å². The predicted octanol–water partition coefficient (Wildman–Crippen LogP) is 4.15. The predicted molar refractivity (Wildman–Crippen MR) is 79.0 cm³/mol. The van der Waals surface area contributed by atoms with Crippen LogP contribution in [-0.4, -0.2) is 9.97 Å². The second-order valence-corrected chi connectivity index (χ2v) is 5.17. The van der Waals surface area contributed by atoms with Crippen LogP contribution in [0, 0.1) is 11.6 Å². The second-order valence-electron chi connectivity index (χ2n) is 4.78. The number of ether oxygens (including phenoxy) is 1. The fraction of sp³-hybridized carbons (Fsp3) is 0.333. The molecule has 1 aromatic heterocycles. The van der Waals surface area contributed by atoms with Gasteiger partial charge in [0.05, 0.1) is 0 Å². The fourth-order valence-corrected chi connectivity index (χ4v) is 2.57. The summed E-state index contributed by atoms with van der Waals surface area (Å²) in [6, 6.07) is 9.68. The third-order valence-corrected chi connectivity index (χ3v) is 3.21. The first-order valence-electron chi connectivity index (χ1n) is 6.35. The molecule has 2 aromatic rings. The minimum atomic E-state index is 0.375. The lowest BCUT2D eigenvalue weighted by Crippen LogP contribution is -2.07. The molecule has 3 nitrogen and oxygen atoms in total. The van der Waals surface area contributed by atoms with Crippen molar-refractivity contribution in [2.45, 2.75) is 33.3 Å². The summed E-state index contributed by atoms with van der Waals surface area (Å²) in [7, 11) is 0. The van der Waals surface area contributed by atoms with Gasteiger partial charge in [-0.25, -0.2) is 4.98 Å². The fourth-order valence-electron chi connectivity index (χ4n) is 2.07. The number of aromatic nitrogens is 2. The van der Waals surface area contributed by atoms with Crippen LogP contribution in [0.2, 0.25) is 0 Å². The lowest BCUT2D eigenvalue weighted by atomic mass is 10.0. The molecule has 0 bridgehead atoms. The Morgan fingerprint density at radius 3 is 2.53 bits per heavy atom. The number of nitrogens with zero attached hydrogens (tertiary/aromatic N) is 1. The number of benzene rings is 1. The molecule has 2 rings (SSSR count). The molecule has 0 atom stereocenters. The van der Waals surface area contributed by atoms with Crippen molar-refractivity contribution in [2.75, 3.05) is 0 Å². The Balaban J connectivity index is 2.17. The summed E-state index contributed by atoms with van der Waals surface area (Å²) < 4.78 is 6.33. The number of rotatable bonds is 4. The van der Waals surface area contributed by atoms with Gasteiger partial charge < -0.3 is 9.72 Å². The summed E-state index contributed by atoms with van der Waals surface area (Å²) >= 11 is 5.35. The van der Waals surface area contributed by atoms with Gasteiger partial charge >= 0.3 is 0 Å². The van der Waals surface area contributed by atoms with Crippen molar-refractivity contribution < 1.29 is 4.74 Å². The largest absolute Gasteiger partial charge is 0.486 e. The van der Waals surface area contributed by atoms with Crippen molar-refractivity contribution in [3.8, 4) is 5.75 Å². The van der Waals surface area contributed by atoms with Gasteiger partial charge in [-0.15, -0.1) is 0 Å². The Morgan fingerprint density at radius 1 is 1.26 bits per heavy atom. The summed E-state index contributed by atoms with van der Waals surface area (Å²) in [5, 5.41) is 0. The van der Waals surface area contributed by atoms with Crippen LogP contribution in [0.25, 0.3) is 0 Å². The van der Waals surface area contributed by atoms with E-state index in [9.17, 15) is 0 Å². The summed E-state index contributed by atoms with van der Waals surface area (Å²) in [6.07, 6.45) is 0. The molecule has 0 unspecified atom stereocenters. The number of para-hydroxylation sites is 1. The van der Waals surface area contributed by atoms with Crippen LogP contribution in [0.4, 0.5) is 0 Å². The van der Waals surface area contributed by atoms with E-state index in [0.717, 1.165) is 22.8 Å². The number of hydrogen-bond donors (Lipinski definition) is 1. The van der Waals surface area contributed by atoms with E-state index >= 15 is 0 Å². The Bertz CT molecular complexity index is 605. The minimum absolute atomic E-state index is 0.375. The van der Waals surface area contributed by atoms with E-state index in [1.165, 1.54) is 0 Å². The van der Waals surface area contributed by atoms with Gasteiger partial charge in [0.1, 0.15) is 22.8 Å². The first-order chi connectivity index (χ1) is 9.08. The molecule has 0 aliphatic heterocycles. The average molecular weight is 274 g/mol. The third-order valence-electron chi connectivity index (χ3n) is 2.90. The maximum Gasteiger partial charge on any atom is 0.146 e. The maximum atomic E-state index is 5.66. The second kappa shape index (κ2) is 5.97. The van der Waals surface area contributed by atoms with Crippen LogP contribution in [0.1, 0.15) is 36.8 Å². The first-order valence-corrected chi connectivity index (χ1v) is 6.76. The quantitative estimate of drug-likeness (QED) is 0.851. The van der Waals surface area contributed by atoms with E-state index in [0.29, 0.717) is 17.2 Å². The zero-order chi connectivity index (χ0) is 13.8. The molecular formula is C15H18N2OS. The van der Waals surface area contributed by atoms with Gasteiger partial charge in [-0.05, 0) is 25.0 Å². The Hall–Kier alpha value is -1.68. The van der Waals surface area contributed by atoms with E-state index in [1.807, 2.05) is 37.3 Å². The van der Waals surface area contributed by atoms with Gasteiger partial charge in [0, 0.05) is 11.3 Å². The topological polar surface area (TPSA) is 37.9 Å². The lowest BCUT2D eigenvalue weighted by Gasteiger charge is -2.12. The van der Waals surface area contributed by atoms with Crippen molar-refractivity contribution in [3.63, 3.8) is 0 Å². The highest BCUT2D eigenvalue weighted by molar-refractivity contribution is 7.71. The van der Waals surface area contributed by atoms with Crippen LogP contribution in [-0.2, 0) is 6.61 Å². The van der Waals surface area contributed by atoms with Crippen LogP contribution >= 0.6 is 12.2 Å². The molecule has 1 N–H and O–H groups in total. The molecule has 0 saturated carbocycles. The monoisotopic (exact) mass is 274 g/mol. The number of nitrogens with one attached hydrogen (secondary N) is 1. The molecule has 0 aliphatic rings. The van der Waals surface area contributed by atoms with E-state index in [-0.39, 0.29) is 0 Å². The van der Waals surface area contributed by atoms with E-state index in [1.54, 1.807) is 0 Å². The highest BCUT2D eigenvalue weighted by Gasteiger charge is 2.09. The van der Waals surface area contributed by atoms with Gasteiger partial charge in [0.25, 0.3) is 0 Å². The standard InChI is InChI=1S/C15H18N2OS/c1-10(2)14-11(3)16-13(17-15(14)19)9-18-12-7-5-4-6-8-12/h4-8,10H,9H2,1-3H3,(H,16,17,19). The van der Waals surface area contributed by atoms with E-state index < -0.39 is 0 Å². The molecule has 4 heteroatoms. The molecule has 100 valence electrons. The SMILES string of the molecule is Cc1[nH]c(COc2ccccc2)nc(=S)c1C(C)C. The normalized spacial score (nSPS) is 10.7. The molecule has 1 aromatic carbocycles. The number of aryl methyl sites for hydroxylation is 1. The molecular weight excluding hydrogens is 256 g/mol. The van der Waals surface area contributed by atoms with Crippen molar-refractivity contribution in [3.05, 3.63) is 52.1 Å². The Morgan fingerprint density at radius 2 is 1.95 bits per heavy atom. The molecule has 0 spiro atoms. The third kappa shape index (κ3) is 3.41. The molecule has 0 fully saturated rings. The maximum absolute atomic E-state index is 5.66. The summed E-state index contributed by atoms with van der Waals surface area (Å²) in [5.74, 6) is 1.96. The summed E-state index contributed by atoms with van der Waals surface area (Å²) in [5.41, 5.74) is 2.18. The molecule has 0 radical (unpaired) electrons.